The average molecular weight is 151 g/mol. The molecule has 0 aromatic carbocycles. The lowest BCUT2D eigenvalue weighted by atomic mass is 10.2. The molecule has 0 aromatic heterocycles. The molecule has 0 atom stereocenters. The third-order valence-corrected chi connectivity index (χ3v) is 2.03. The van der Waals surface area contributed by atoms with Crippen molar-refractivity contribution in [2.45, 2.75) is 13.8 Å². The van der Waals surface area contributed by atoms with E-state index in [4.69, 9.17) is 0 Å². The van der Waals surface area contributed by atoms with Crippen molar-refractivity contribution in [3.05, 3.63) is 0 Å². The normalized spacial score (nSPS) is 11.2. The molecule has 0 fully saturated rings. The van der Waals surface area contributed by atoms with E-state index >= 15 is 0 Å². The van der Waals surface area contributed by atoms with Crippen molar-refractivity contribution in [2.24, 2.45) is 5.92 Å². The molecule has 0 saturated carbocycles. The lowest BCUT2D eigenvalue weighted by molar-refractivity contribution is 0.469. The van der Waals surface area contributed by atoms with Crippen molar-refractivity contribution in [1.82, 2.24) is 4.31 Å². The van der Waals surface area contributed by atoms with E-state index in [-0.39, 0.29) is 0 Å². The molecular formula is C5H13NS2. The van der Waals surface area contributed by atoms with Gasteiger partial charge in [-0.25, -0.2) is 4.31 Å². The highest BCUT2D eigenvalue weighted by molar-refractivity contribution is 8.67. The van der Waals surface area contributed by atoms with E-state index in [0.29, 0.717) is 0 Å². The van der Waals surface area contributed by atoms with E-state index in [1.165, 1.54) is 11.0 Å². The van der Waals surface area contributed by atoms with Crippen LogP contribution in [-0.2, 0) is 0 Å². The topological polar surface area (TPSA) is 3.24 Å². The van der Waals surface area contributed by atoms with E-state index in [1.54, 1.807) is 0 Å². The summed E-state index contributed by atoms with van der Waals surface area (Å²) in [4.78, 5) is 0. The fourth-order valence-corrected chi connectivity index (χ4v) is 1.11. The number of hydrogen-bond donors (Lipinski definition) is 1. The van der Waals surface area contributed by atoms with Crippen molar-refractivity contribution in [2.75, 3.05) is 13.6 Å². The van der Waals surface area contributed by atoms with Crippen molar-refractivity contribution in [3.63, 3.8) is 0 Å². The van der Waals surface area contributed by atoms with Crippen LogP contribution in [0, 0.1) is 5.92 Å². The largest absolute Gasteiger partial charge is 0.244 e. The Morgan fingerprint density at radius 2 is 2.12 bits per heavy atom. The molecule has 0 saturated heterocycles. The molecule has 0 rings (SSSR count). The monoisotopic (exact) mass is 151 g/mol. The first kappa shape index (κ1) is 8.66. The number of nitrogens with zero attached hydrogens (tertiary/aromatic N) is 1. The zero-order chi connectivity index (χ0) is 6.57. The van der Waals surface area contributed by atoms with Crippen molar-refractivity contribution in [1.29, 1.82) is 0 Å². The Morgan fingerprint density at radius 3 is 2.25 bits per heavy atom. The van der Waals surface area contributed by atoms with Crippen LogP contribution in [0.3, 0.4) is 0 Å². The zero-order valence-corrected chi connectivity index (χ0v) is 7.30. The lowest BCUT2D eigenvalue weighted by Crippen LogP contribution is -2.13. The second-order valence-electron chi connectivity index (χ2n) is 2.29. The van der Waals surface area contributed by atoms with Gasteiger partial charge in [0.1, 0.15) is 0 Å². The summed E-state index contributed by atoms with van der Waals surface area (Å²) in [5, 5.41) is 0. The molecule has 0 spiro atoms. The van der Waals surface area contributed by atoms with Gasteiger partial charge in [0.05, 0.1) is 0 Å². The third kappa shape index (κ3) is 4.81. The van der Waals surface area contributed by atoms with Crippen LogP contribution < -0.4 is 0 Å². The molecule has 0 unspecified atom stereocenters. The Hall–Kier alpha value is 0.660. The summed E-state index contributed by atoms with van der Waals surface area (Å²) in [5.41, 5.74) is 0. The van der Waals surface area contributed by atoms with Gasteiger partial charge in [-0.05, 0) is 23.9 Å². The number of thiol groups is 1. The molecule has 0 amide bonds. The fraction of sp³-hybridized carbons (Fsp3) is 1.00. The lowest BCUT2D eigenvalue weighted by Gasteiger charge is -2.13. The summed E-state index contributed by atoms with van der Waals surface area (Å²) in [7, 11) is 3.52. The molecule has 0 aliphatic heterocycles. The summed E-state index contributed by atoms with van der Waals surface area (Å²) in [6, 6.07) is 0. The molecule has 0 bridgehead atoms. The number of rotatable bonds is 3. The van der Waals surface area contributed by atoms with Crippen LogP contribution in [0.2, 0.25) is 0 Å². The van der Waals surface area contributed by atoms with Gasteiger partial charge >= 0.3 is 0 Å². The smallest absolute Gasteiger partial charge is 0.0117 e. The molecule has 1 nitrogen and oxygen atoms in total. The second-order valence-corrected chi connectivity index (χ2v) is 3.56. The van der Waals surface area contributed by atoms with Gasteiger partial charge in [-0.2, -0.15) is 0 Å². The molecule has 0 heterocycles. The fourth-order valence-electron chi connectivity index (χ4n) is 0.548. The molecular weight excluding hydrogens is 138 g/mol. The van der Waals surface area contributed by atoms with Crippen molar-refractivity contribution in [3.8, 4) is 0 Å². The number of hydrogen-bond acceptors (Lipinski definition) is 3. The Bertz CT molecular complexity index is 56.4. The van der Waals surface area contributed by atoms with Crippen LogP contribution in [0.25, 0.3) is 0 Å². The quantitative estimate of drug-likeness (QED) is 0.374. The Kier molecular flexibility index (Phi) is 4.90. The zero-order valence-electron chi connectivity index (χ0n) is 5.59. The maximum atomic E-state index is 4.03. The van der Waals surface area contributed by atoms with Crippen LogP contribution in [0.15, 0.2) is 0 Å². The first-order valence-corrected chi connectivity index (χ1v) is 4.52. The minimum absolute atomic E-state index is 0.736. The van der Waals surface area contributed by atoms with Gasteiger partial charge in [-0.15, -0.1) is 0 Å². The minimum Gasteiger partial charge on any atom is -0.244 e. The maximum Gasteiger partial charge on any atom is 0.0117 e. The van der Waals surface area contributed by atoms with Crippen LogP contribution in [0.1, 0.15) is 13.8 Å². The SMILES string of the molecule is CC(C)CN(C)SS. The highest BCUT2D eigenvalue weighted by Crippen LogP contribution is 2.11. The highest BCUT2D eigenvalue weighted by Gasteiger charge is 1.97. The van der Waals surface area contributed by atoms with Crippen molar-refractivity contribution >= 4 is 22.6 Å². The molecule has 0 aliphatic carbocycles. The summed E-state index contributed by atoms with van der Waals surface area (Å²) in [6.07, 6.45) is 0. The van der Waals surface area contributed by atoms with Gasteiger partial charge < -0.3 is 0 Å². The molecule has 0 aliphatic rings. The van der Waals surface area contributed by atoms with Gasteiger partial charge in [0.2, 0.25) is 0 Å². The van der Waals surface area contributed by atoms with E-state index in [2.05, 4.69) is 29.8 Å². The molecule has 0 radical (unpaired) electrons. The van der Waals surface area contributed by atoms with Gasteiger partial charge in [0.15, 0.2) is 0 Å². The van der Waals surface area contributed by atoms with Gasteiger partial charge in [-0.3, -0.25) is 0 Å². The standard InChI is InChI=1S/C5H13NS2/c1-5(2)4-6(3)8-7/h5,7H,4H2,1-3H3. The molecule has 3 heteroatoms. The minimum atomic E-state index is 0.736. The Labute approximate surface area is 60.8 Å². The van der Waals surface area contributed by atoms with Gasteiger partial charge in [0.25, 0.3) is 0 Å². The van der Waals surface area contributed by atoms with Gasteiger partial charge in [-0.1, -0.05) is 25.5 Å². The third-order valence-electron chi connectivity index (χ3n) is 0.762. The maximum absolute atomic E-state index is 4.03. The van der Waals surface area contributed by atoms with Crippen LogP contribution in [0.4, 0.5) is 0 Å². The first-order chi connectivity index (χ1) is 3.66. The summed E-state index contributed by atoms with van der Waals surface area (Å²) in [5.74, 6) is 0.736. The second kappa shape index (κ2) is 4.53. The molecule has 0 aromatic rings. The van der Waals surface area contributed by atoms with Gasteiger partial charge in [0, 0.05) is 6.54 Å². The molecule has 8 heavy (non-hydrogen) atoms. The van der Waals surface area contributed by atoms with Crippen molar-refractivity contribution < 1.29 is 0 Å². The van der Waals surface area contributed by atoms with Crippen LogP contribution in [0.5, 0.6) is 0 Å². The van der Waals surface area contributed by atoms with E-state index in [9.17, 15) is 0 Å². The summed E-state index contributed by atoms with van der Waals surface area (Å²) < 4.78 is 2.10. The predicted molar refractivity (Wildman–Crippen MR) is 44.0 cm³/mol. The van der Waals surface area contributed by atoms with E-state index < -0.39 is 0 Å². The van der Waals surface area contributed by atoms with Crippen LogP contribution in [-0.4, -0.2) is 17.9 Å². The van der Waals surface area contributed by atoms with E-state index in [1.807, 2.05) is 7.05 Å². The van der Waals surface area contributed by atoms with Crippen LogP contribution >= 0.6 is 22.6 Å². The highest BCUT2D eigenvalue weighted by atomic mass is 33.1. The molecule has 0 N–H and O–H groups in total. The Morgan fingerprint density at radius 1 is 1.62 bits per heavy atom. The molecule has 50 valence electrons. The first-order valence-electron chi connectivity index (χ1n) is 2.69. The average Bonchev–Trinajstić information content (AvgIpc) is 1.65. The van der Waals surface area contributed by atoms with E-state index in [0.717, 1.165) is 12.5 Å². The Balaban J connectivity index is 3.10. The predicted octanol–water partition coefficient (Wildman–Crippen LogP) is 2.07. The summed E-state index contributed by atoms with van der Waals surface area (Å²) in [6.45, 7) is 5.50. The summed E-state index contributed by atoms with van der Waals surface area (Å²) >= 11 is 4.03.